The summed E-state index contributed by atoms with van der Waals surface area (Å²) < 4.78 is 30.1. The number of hydrogen-bond acceptors (Lipinski definition) is 5. The van der Waals surface area contributed by atoms with Crippen LogP contribution in [-0.2, 0) is 5.75 Å². The van der Waals surface area contributed by atoms with Crippen LogP contribution in [0.1, 0.15) is 16.1 Å². The van der Waals surface area contributed by atoms with Crippen LogP contribution in [0.15, 0.2) is 46.2 Å². The predicted molar refractivity (Wildman–Crippen MR) is 83.3 cm³/mol. The molecule has 0 aliphatic rings. The quantitative estimate of drug-likeness (QED) is 0.585. The zero-order chi connectivity index (χ0) is 15.8. The molecule has 8 heteroatoms. The van der Waals surface area contributed by atoms with Crippen LogP contribution in [-0.4, -0.2) is 28.9 Å². The molecular formula is C14H14F2N2O2S2. The highest BCUT2D eigenvalue weighted by atomic mass is 32.2. The van der Waals surface area contributed by atoms with Gasteiger partial charge >= 0.3 is 0 Å². The highest BCUT2D eigenvalue weighted by Crippen LogP contribution is 2.26. The fourth-order valence-electron chi connectivity index (χ4n) is 1.64. The third kappa shape index (κ3) is 5.34. The van der Waals surface area contributed by atoms with E-state index < -0.39 is 11.7 Å². The van der Waals surface area contributed by atoms with Gasteiger partial charge in [-0.05, 0) is 36.0 Å². The first-order valence-electron chi connectivity index (χ1n) is 6.45. The Balaban J connectivity index is 1.77. The molecule has 0 unspecified atom stereocenters. The molecule has 0 radical (unpaired) electrons. The van der Waals surface area contributed by atoms with Gasteiger partial charge in [-0.3, -0.25) is 4.79 Å². The van der Waals surface area contributed by atoms with E-state index in [1.54, 1.807) is 24.1 Å². The van der Waals surface area contributed by atoms with Gasteiger partial charge in [0.2, 0.25) is 0 Å². The van der Waals surface area contributed by atoms with Crippen molar-refractivity contribution in [3.8, 4) is 0 Å². The monoisotopic (exact) mass is 344 g/mol. The molecule has 2 heterocycles. The Kier molecular flexibility index (Phi) is 6.73. The fraction of sp³-hybridized carbons (Fsp3) is 0.286. The molecule has 0 fully saturated rings. The Morgan fingerprint density at radius 1 is 1.36 bits per heavy atom. The largest absolute Gasteiger partial charge is 0.468 e. The van der Waals surface area contributed by atoms with Crippen LogP contribution in [0.2, 0.25) is 0 Å². The first-order valence-corrected chi connectivity index (χ1v) is 8.48. The summed E-state index contributed by atoms with van der Waals surface area (Å²) in [6, 6.07) is 6.75. The van der Waals surface area contributed by atoms with Crippen LogP contribution in [0.3, 0.4) is 0 Å². The summed E-state index contributed by atoms with van der Waals surface area (Å²) in [4.78, 5) is 15.8. The molecule has 0 aromatic carbocycles. The van der Waals surface area contributed by atoms with E-state index in [1.807, 2.05) is 12.1 Å². The number of alkyl halides is 2. The lowest BCUT2D eigenvalue weighted by Crippen LogP contribution is -2.26. The summed E-state index contributed by atoms with van der Waals surface area (Å²) >= 11 is 1.89. The van der Waals surface area contributed by atoms with Gasteiger partial charge in [0, 0.05) is 18.5 Å². The number of thioether (sulfide) groups is 2. The number of nitrogens with zero attached hydrogens (tertiary/aromatic N) is 1. The van der Waals surface area contributed by atoms with Gasteiger partial charge < -0.3 is 9.73 Å². The zero-order valence-electron chi connectivity index (χ0n) is 11.5. The van der Waals surface area contributed by atoms with Crippen LogP contribution >= 0.6 is 23.5 Å². The van der Waals surface area contributed by atoms with Crippen molar-refractivity contribution >= 4 is 29.4 Å². The average Bonchev–Trinajstić information content (AvgIpc) is 3.00. The second-order valence-electron chi connectivity index (χ2n) is 4.12. The highest BCUT2D eigenvalue weighted by molar-refractivity contribution is 7.99. The van der Waals surface area contributed by atoms with E-state index in [9.17, 15) is 13.6 Å². The number of rotatable bonds is 8. The van der Waals surface area contributed by atoms with E-state index in [0.29, 0.717) is 12.3 Å². The molecule has 2 rings (SSSR count). The van der Waals surface area contributed by atoms with Crippen molar-refractivity contribution in [2.75, 3.05) is 12.3 Å². The van der Waals surface area contributed by atoms with Crippen molar-refractivity contribution in [2.45, 2.75) is 16.5 Å². The van der Waals surface area contributed by atoms with Crippen LogP contribution in [0.4, 0.5) is 8.78 Å². The second-order valence-corrected chi connectivity index (χ2v) is 6.21. The molecule has 1 N–H and O–H groups in total. The maximum Gasteiger partial charge on any atom is 0.290 e. The number of furan rings is 1. The molecule has 0 aliphatic heterocycles. The second kappa shape index (κ2) is 8.79. The van der Waals surface area contributed by atoms with Gasteiger partial charge in [-0.25, -0.2) is 4.98 Å². The number of aromatic nitrogens is 1. The van der Waals surface area contributed by atoms with E-state index in [1.165, 1.54) is 12.3 Å². The minimum Gasteiger partial charge on any atom is -0.468 e. The van der Waals surface area contributed by atoms with Crippen molar-refractivity contribution in [3.63, 3.8) is 0 Å². The normalized spacial score (nSPS) is 10.9. The number of nitrogens with one attached hydrogen (secondary N) is 1. The van der Waals surface area contributed by atoms with Crippen molar-refractivity contribution in [1.82, 2.24) is 10.3 Å². The Bertz CT molecular complexity index is 594. The maximum absolute atomic E-state index is 12.4. The molecule has 22 heavy (non-hydrogen) atoms. The van der Waals surface area contributed by atoms with Crippen molar-refractivity contribution in [1.29, 1.82) is 0 Å². The van der Waals surface area contributed by atoms with Gasteiger partial charge in [-0.15, -0.1) is 0 Å². The number of carbonyl (C=O) groups excluding carboxylic acids is 1. The average molecular weight is 344 g/mol. The van der Waals surface area contributed by atoms with Crippen LogP contribution < -0.4 is 5.32 Å². The summed E-state index contributed by atoms with van der Waals surface area (Å²) in [6.07, 6.45) is 3.00. The summed E-state index contributed by atoms with van der Waals surface area (Å²) in [6.45, 7) is 0.442. The molecule has 4 nitrogen and oxygen atoms in total. The van der Waals surface area contributed by atoms with Gasteiger partial charge in [0.15, 0.2) is 0 Å². The molecule has 0 atom stereocenters. The first kappa shape index (κ1) is 16.8. The molecule has 0 saturated carbocycles. The summed E-state index contributed by atoms with van der Waals surface area (Å²) in [5.74, 6) is -0.703. The number of pyridine rings is 1. The third-order valence-electron chi connectivity index (χ3n) is 2.57. The first-order chi connectivity index (χ1) is 10.7. The maximum atomic E-state index is 12.4. The minimum absolute atomic E-state index is 0.0400. The summed E-state index contributed by atoms with van der Waals surface area (Å²) in [5, 5.41) is 2.74. The van der Waals surface area contributed by atoms with Crippen molar-refractivity contribution in [2.24, 2.45) is 0 Å². The third-order valence-corrected chi connectivity index (χ3v) is 4.28. The van der Waals surface area contributed by atoms with Crippen LogP contribution in [0.5, 0.6) is 0 Å². The van der Waals surface area contributed by atoms with Gasteiger partial charge in [-0.2, -0.15) is 20.5 Å². The molecule has 0 spiro atoms. The Labute approximate surface area is 135 Å². The Morgan fingerprint density at radius 2 is 2.23 bits per heavy atom. The van der Waals surface area contributed by atoms with Crippen molar-refractivity contribution in [3.05, 3.63) is 48.0 Å². The van der Waals surface area contributed by atoms with E-state index in [2.05, 4.69) is 10.3 Å². The topological polar surface area (TPSA) is 55.1 Å². The minimum atomic E-state index is -2.61. The smallest absolute Gasteiger partial charge is 0.290 e. The predicted octanol–water partition coefficient (Wildman–Crippen LogP) is 3.65. The van der Waals surface area contributed by atoms with E-state index in [0.717, 1.165) is 11.5 Å². The van der Waals surface area contributed by atoms with E-state index in [-0.39, 0.29) is 22.4 Å². The molecule has 118 valence electrons. The molecule has 2 aromatic rings. The summed E-state index contributed by atoms with van der Waals surface area (Å²) in [7, 11) is 0. The molecular weight excluding hydrogens is 330 g/mol. The lowest BCUT2D eigenvalue weighted by Gasteiger charge is -2.08. The molecule has 0 saturated heterocycles. The van der Waals surface area contributed by atoms with Gasteiger partial charge in [0.1, 0.15) is 10.8 Å². The van der Waals surface area contributed by atoms with Gasteiger partial charge in [0.25, 0.3) is 11.7 Å². The number of amides is 1. The molecule has 1 amide bonds. The van der Waals surface area contributed by atoms with Gasteiger partial charge in [0.05, 0.1) is 17.6 Å². The highest BCUT2D eigenvalue weighted by Gasteiger charge is 2.16. The summed E-state index contributed by atoms with van der Waals surface area (Å²) in [5.41, 5.74) is 0.170. The van der Waals surface area contributed by atoms with E-state index in [4.69, 9.17) is 4.42 Å². The van der Waals surface area contributed by atoms with E-state index >= 15 is 0 Å². The SMILES string of the molecule is O=C(NCCSCc1ccco1)c1cccnc1SC(F)F. The molecule has 0 aliphatic carbocycles. The standard InChI is InChI=1S/C14H14F2N2O2S2/c15-14(16)22-13-11(4-1-5-18-13)12(19)17-6-8-21-9-10-3-2-7-20-10/h1-5,7,14H,6,8-9H2,(H,17,19). The van der Waals surface area contributed by atoms with Crippen LogP contribution in [0.25, 0.3) is 0 Å². The fourth-order valence-corrected chi connectivity index (χ4v) is 2.98. The van der Waals surface area contributed by atoms with Crippen molar-refractivity contribution < 1.29 is 18.0 Å². The lowest BCUT2D eigenvalue weighted by atomic mass is 10.3. The van der Waals surface area contributed by atoms with Gasteiger partial charge in [-0.1, -0.05) is 0 Å². The zero-order valence-corrected chi connectivity index (χ0v) is 13.1. The Hall–Kier alpha value is -1.54. The molecule has 0 bridgehead atoms. The molecule has 2 aromatic heterocycles. The number of halogens is 2. The van der Waals surface area contributed by atoms with Crippen LogP contribution in [0, 0.1) is 0 Å². The lowest BCUT2D eigenvalue weighted by molar-refractivity contribution is 0.0952. The Morgan fingerprint density at radius 3 is 2.95 bits per heavy atom. The number of hydrogen-bond donors (Lipinski definition) is 1. The number of carbonyl (C=O) groups is 1.